The molecule has 0 aromatic carbocycles. The average molecular weight is 178 g/mol. The largest absolute Gasteiger partial charge is 1.00 e. The summed E-state index contributed by atoms with van der Waals surface area (Å²) in [4.78, 5) is 0. The van der Waals surface area contributed by atoms with E-state index in [4.69, 9.17) is 16.0 Å². The van der Waals surface area contributed by atoms with Gasteiger partial charge in [-0.1, -0.05) is 7.43 Å². The fourth-order valence-corrected chi connectivity index (χ4v) is 0. The topological polar surface area (TPSA) is 86.2 Å². The summed E-state index contributed by atoms with van der Waals surface area (Å²) in [5.74, 6) is 0. The van der Waals surface area contributed by atoms with Crippen LogP contribution in [0, 0.1) is 0 Å². The van der Waals surface area contributed by atoms with Crippen LogP contribution in [0.25, 0.3) is 0 Å². The molecule has 0 spiro atoms. The SMILES string of the molecule is C.O=[As]([O-])([O-])[O-].[Na+]. The minimum Gasteiger partial charge on any atom is 1.00 e. The van der Waals surface area contributed by atoms with Crippen LogP contribution in [0.2, 0.25) is 0 Å². The Morgan fingerprint density at radius 2 is 1.14 bits per heavy atom. The number of rotatable bonds is 0. The number of hydrogen-bond acceptors (Lipinski definition) is 4. The van der Waals surface area contributed by atoms with Crippen LogP contribution in [0.3, 0.4) is 0 Å². The zero-order valence-electron chi connectivity index (χ0n) is 3.08. The fourth-order valence-electron chi connectivity index (χ4n) is 0. The first kappa shape index (κ1) is 15.7. The van der Waals surface area contributed by atoms with Gasteiger partial charge in [-0.15, -0.1) is 0 Å². The third-order valence-corrected chi connectivity index (χ3v) is 0. The molecule has 0 amide bonds. The summed E-state index contributed by atoms with van der Waals surface area (Å²) in [5, 5.41) is 0. The van der Waals surface area contributed by atoms with Gasteiger partial charge in [-0.2, -0.15) is 0 Å². The molecule has 4 nitrogen and oxygen atoms in total. The zero-order chi connectivity index (χ0) is 4.50. The average Bonchev–Trinajstić information content (AvgIpc) is 0.722. The minimum absolute atomic E-state index is 0. The Morgan fingerprint density at radius 3 is 1.14 bits per heavy atom. The standard InChI is InChI=1S/CH4.AsH3O4.Na/c;2-1(3,4)5;/h1H4;(H3,2,3,4,5);/q;;+1/p-3. The van der Waals surface area contributed by atoms with Gasteiger partial charge in [0.1, 0.15) is 0 Å². The predicted octanol–water partition coefficient (Wildman–Crippen LogP) is -6.43. The van der Waals surface area contributed by atoms with Crippen molar-refractivity contribution in [3.8, 4) is 0 Å². The van der Waals surface area contributed by atoms with Crippen LogP contribution in [-0.2, 0) is 3.74 Å². The third-order valence-electron chi connectivity index (χ3n) is 0. The minimum atomic E-state index is -5.88. The first-order chi connectivity index (χ1) is 2.00. The molecule has 6 heteroatoms. The molecular formula is CH4AsNaO4-2. The Bertz CT molecular complexity index is 57.8. The second-order valence-electron chi connectivity index (χ2n) is 0.447. The van der Waals surface area contributed by atoms with Crippen LogP contribution in [0.1, 0.15) is 7.43 Å². The molecule has 0 rings (SSSR count). The summed E-state index contributed by atoms with van der Waals surface area (Å²) in [5.41, 5.74) is 0. The first-order valence-corrected chi connectivity index (χ1v) is 3.79. The molecule has 7 heavy (non-hydrogen) atoms. The van der Waals surface area contributed by atoms with Gasteiger partial charge in [-0.05, 0) is 0 Å². The fraction of sp³-hybridized carbons (Fsp3) is 1.00. The molecule has 0 unspecified atom stereocenters. The molecule has 0 N–H and O–H groups in total. The molecule has 0 aliphatic carbocycles. The van der Waals surface area contributed by atoms with Crippen molar-refractivity contribution in [1.29, 1.82) is 0 Å². The van der Waals surface area contributed by atoms with Crippen LogP contribution in [-0.4, -0.2) is 14.5 Å². The molecule has 0 fully saturated rings. The third kappa shape index (κ3) is 130. The molecule has 0 aromatic heterocycles. The molecule has 0 atom stereocenters. The van der Waals surface area contributed by atoms with Crippen LogP contribution in [0.5, 0.6) is 0 Å². The normalized spacial score (nSPS) is 8.43. The van der Waals surface area contributed by atoms with Crippen LogP contribution in [0.15, 0.2) is 0 Å². The monoisotopic (exact) mass is 178 g/mol. The molecule has 0 heterocycles. The second-order valence-corrected chi connectivity index (χ2v) is 2.32. The summed E-state index contributed by atoms with van der Waals surface area (Å²) < 4.78 is 34.4. The van der Waals surface area contributed by atoms with Gasteiger partial charge in [0.25, 0.3) is 0 Å². The summed E-state index contributed by atoms with van der Waals surface area (Å²) in [6.07, 6.45) is 0. The van der Waals surface area contributed by atoms with Crippen molar-refractivity contribution in [2.45, 2.75) is 7.43 Å². The van der Waals surface area contributed by atoms with Crippen molar-refractivity contribution in [2.75, 3.05) is 0 Å². The van der Waals surface area contributed by atoms with Crippen LogP contribution < -0.4 is 41.8 Å². The molecule has 40 valence electrons. The molecule has 0 saturated carbocycles. The summed E-state index contributed by atoms with van der Waals surface area (Å²) in [7, 11) is 0. The van der Waals surface area contributed by atoms with Crippen molar-refractivity contribution in [3.63, 3.8) is 0 Å². The molecule has 0 radical (unpaired) electrons. The molecule has 0 bridgehead atoms. The van der Waals surface area contributed by atoms with E-state index in [1.165, 1.54) is 0 Å². The molecule has 0 aliphatic heterocycles. The maximum atomic E-state index is 8.61. The number of hydrogen-bond donors (Lipinski definition) is 0. The van der Waals surface area contributed by atoms with Crippen molar-refractivity contribution in [3.05, 3.63) is 0 Å². The Morgan fingerprint density at radius 1 is 1.14 bits per heavy atom. The Kier molecular flexibility index (Phi) is 12.1. The van der Waals surface area contributed by atoms with E-state index in [1.807, 2.05) is 0 Å². The summed E-state index contributed by atoms with van der Waals surface area (Å²) in [6, 6.07) is 0. The first-order valence-electron chi connectivity index (χ1n) is 0.730. The van der Waals surface area contributed by atoms with Gasteiger partial charge in [0.2, 0.25) is 0 Å². The van der Waals surface area contributed by atoms with Crippen LogP contribution in [0.4, 0.5) is 0 Å². The molecular weight excluding hydrogens is 174 g/mol. The van der Waals surface area contributed by atoms with Gasteiger partial charge in [0, 0.05) is 0 Å². The van der Waals surface area contributed by atoms with Gasteiger partial charge >= 0.3 is 60.1 Å². The van der Waals surface area contributed by atoms with Crippen molar-refractivity contribution in [1.82, 2.24) is 0 Å². The molecule has 0 aliphatic rings. The maximum Gasteiger partial charge on any atom is 1.00 e. The molecule has 0 aromatic rings. The van der Waals surface area contributed by atoms with E-state index < -0.39 is 14.5 Å². The Labute approximate surface area is 67.2 Å². The second kappa shape index (κ2) is 5.38. The quantitative estimate of drug-likeness (QED) is 0.345. The van der Waals surface area contributed by atoms with Gasteiger partial charge in [-0.25, -0.2) is 0 Å². The van der Waals surface area contributed by atoms with Gasteiger partial charge in [0.15, 0.2) is 0 Å². The molecule has 0 saturated heterocycles. The van der Waals surface area contributed by atoms with E-state index >= 15 is 0 Å². The van der Waals surface area contributed by atoms with Gasteiger partial charge in [-0.3, -0.25) is 0 Å². The van der Waals surface area contributed by atoms with Crippen molar-refractivity contribution < 1.29 is 45.6 Å². The van der Waals surface area contributed by atoms with Crippen molar-refractivity contribution >= 4 is 14.5 Å². The van der Waals surface area contributed by atoms with Gasteiger partial charge < -0.3 is 0 Å². The van der Waals surface area contributed by atoms with Crippen LogP contribution >= 0.6 is 0 Å². The summed E-state index contributed by atoms with van der Waals surface area (Å²) >= 11 is -5.88. The maximum absolute atomic E-state index is 8.61. The van der Waals surface area contributed by atoms with E-state index in [0.717, 1.165) is 0 Å². The van der Waals surface area contributed by atoms with E-state index in [1.54, 1.807) is 0 Å². The van der Waals surface area contributed by atoms with Crippen molar-refractivity contribution in [2.24, 2.45) is 0 Å². The van der Waals surface area contributed by atoms with E-state index in [2.05, 4.69) is 0 Å². The summed E-state index contributed by atoms with van der Waals surface area (Å²) in [6.45, 7) is 0. The Balaban J connectivity index is -0.0000000800. The zero-order valence-corrected chi connectivity index (χ0v) is 6.96. The van der Waals surface area contributed by atoms with E-state index in [-0.39, 0.29) is 37.0 Å². The predicted molar refractivity (Wildman–Crippen MR) is 13.2 cm³/mol. The smallest absolute Gasteiger partial charge is 1.00 e. The van der Waals surface area contributed by atoms with Gasteiger partial charge in [0.05, 0.1) is 0 Å². The Hall–Kier alpha value is 1.24. The van der Waals surface area contributed by atoms with E-state index in [0.29, 0.717) is 0 Å². The van der Waals surface area contributed by atoms with E-state index in [9.17, 15) is 0 Å².